The van der Waals surface area contributed by atoms with Gasteiger partial charge >= 0.3 is 0 Å². The zero-order valence-electron chi connectivity index (χ0n) is 13.5. The van der Waals surface area contributed by atoms with Crippen LogP contribution in [-0.2, 0) is 11.8 Å². The van der Waals surface area contributed by atoms with E-state index in [4.69, 9.17) is 4.74 Å². The van der Waals surface area contributed by atoms with Crippen LogP contribution in [0.5, 0.6) is 5.75 Å². The molecule has 1 aromatic rings. The zero-order valence-corrected chi connectivity index (χ0v) is 13.5. The predicted molar refractivity (Wildman–Crippen MR) is 85.6 cm³/mol. The van der Waals surface area contributed by atoms with E-state index in [9.17, 15) is 0 Å². The van der Waals surface area contributed by atoms with Gasteiger partial charge in [0.2, 0.25) is 0 Å². The second-order valence-electron chi connectivity index (χ2n) is 6.98. The molecule has 2 heteroatoms. The lowest BCUT2D eigenvalue weighted by Crippen LogP contribution is -2.28. The van der Waals surface area contributed by atoms with Crippen molar-refractivity contribution in [2.24, 2.45) is 5.92 Å². The molecule has 0 unspecified atom stereocenters. The van der Waals surface area contributed by atoms with E-state index < -0.39 is 0 Å². The molecule has 0 spiro atoms. The lowest BCUT2D eigenvalue weighted by molar-refractivity contribution is 0.277. The smallest absolute Gasteiger partial charge is 0.126 e. The molecule has 0 aliphatic carbocycles. The third kappa shape index (κ3) is 3.76. The van der Waals surface area contributed by atoms with E-state index in [-0.39, 0.29) is 5.41 Å². The van der Waals surface area contributed by atoms with Gasteiger partial charge in [0.15, 0.2) is 0 Å². The largest absolute Gasteiger partial charge is 0.493 e. The van der Waals surface area contributed by atoms with E-state index in [1.165, 1.54) is 11.1 Å². The summed E-state index contributed by atoms with van der Waals surface area (Å²) in [5, 5.41) is 3.55. The molecular formula is C18H29NO. The normalized spacial score (nSPS) is 15.1. The topological polar surface area (TPSA) is 21.3 Å². The number of hydrogen-bond donors (Lipinski definition) is 1. The Kier molecular flexibility index (Phi) is 5.09. The van der Waals surface area contributed by atoms with Crippen molar-refractivity contribution in [1.29, 1.82) is 0 Å². The number of nitrogens with one attached hydrogen (secondary N) is 1. The lowest BCUT2D eigenvalue weighted by atomic mass is 9.79. The summed E-state index contributed by atoms with van der Waals surface area (Å²) in [5.41, 5.74) is 2.92. The standard InChI is InChI=1S/C18H29NO/c1-14(2)13-19-11-10-18(3,4)16-9-5-7-15-8-6-12-20-17(15)16/h5,7,9,14,19H,6,8,10-13H2,1-4H3. The maximum absolute atomic E-state index is 5.97. The molecule has 0 amide bonds. The zero-order chi connectivity index (χ0) is 14.6. The molecule has 0 fully saturated rings. The molecule has 2 nitrogen and oxygen atoms in total. The number of ether oxygens (including phenoxy) is 1. The molecule has 1 aliphatic rings. The van der Waals surface area contributed by atoms with Gasteiger partial charge in [-0.3, -0.25) is 0 Å². The highest BCUT2D eigenvalue weighted by molar-refractivity contribution is 5.46. The van der Waals surface area contributed by atoms with E-state index in [0.717, 1.165) is 44.7 Å². The summed E-state index contributed by atoms with van der Waals surface area (Å²) in [6, 6.07) is 6.64. The number of aryl methyl sites for hydroxylation is 1. The van der Waals surface area contributed by atoms with Crippen molar-refractivity contribution in [3.05, 3.63) is 29.3 Å². The fourth-order valence-corrected chi connectivity index (χ4v) is 2.85. The number of hydrogen-bond acceptors (Lipinski definition) is 2. The molecule has 0 bridgehead atoms. The number of benzene rings is 1. The van der Waals surface area contributed by atoms with Gasteiger partial charge in [0.05, 0.1) is 6.61 Å². The van der Waals surface area contributed by atoms with Crippen molar-refractivity contribution in [3.63, 3.8) is 0 Å². The van der Waals surface area contributed by atoms with Crippen LogP contribution in [0.15, 0.2) is 18.2 Å². The minimum atomic E-state index is 0.159. The summed E-state index contributed by atoms with van der Waals surface area (Å²) < 4.78 is 5.97. The first-order valence-corrected chi connectivity index (χ1v) is 7.96. The van der Waals surface area contributed by atoms with Crippen LogP contribution in [0.2, 0.25) is 0 Å². The van der Waals surface area contributed by atoms with E-state index in [1.54, 1.807) is 0 Å². The average Bonchev–Trinajstić information content (AvgIpc) is 2.43. The molecule has 0 radical (unpaired) electrons. The second kappa shape index (κ2) is 6.62. The van der Waals surface area contributed by atoms with Gasteiger partial charge in [-0.2, -0.15) is 0 Å². The Morgan fingerprint density at radius 1 is 1.30 bits per heavy atom. The Morgan fingerprint density at radius 2 is 2.10 bits per heavy atom. The molecular weight excluding hydrogens is 246 g/mol. The van der Waals surface area contributed by atoms with E-state index in [1.807, 2.05) is 0 Å². The molecule has 2 rings (SSSR count). The van der Waals surface area contributed by atoms with Gasteiger partial charge in [-0.25, -0.2) is 0 Å². The van der Waals surface area contributed by atoms with Crippen LogP contribution in [0.4, 0.5) is 0 Å². The van der Waals surface area contributed by atoms with E-state index >= 15 is 0 Å². The predicted octanol–water partition coefficient (Wildman–Crippen LogP) is 3.92. The number of para-hydroxylation sites is 1. The quantitative estimate of drug-likeness (QED) is 0.794. The van der Waals surface area contributed by atoms with Crippen LogP contribution in [0.25, 0.3) is 0 Å². The maximum atomic E-state index is 5.97. The van der Waals surface area contributed by atoms with Crippen molar-refractivity contribution in [3.8, 4) is 5.75 Å². The van der Waals surface area contributed by atoms with Gasteiger partial charge in [-0.1, -0.05) is 45.9 Å². The van der Waals surface area contributed by atoms with Gasteiger partial charge < -0.3 is 10.1 Å². The van der Waals surface area contributed by atoms with Crippen LogP contribution >= 0.6 is 0 Å². The summed E-state index contributed by atoms with van der Waals surface area (Å²) >= 11 is 0. The van der Waals surface area contributed by atoms with Crippen LogP contribution in [0, 0.1) is 5.92 Å². The Bertz CT molecular complexity index is 437. The van der Waals surface area contributed by atoms with Crippen molar-refractivity contribution < 1.29 is 4.74 Å². The van der Waals surface area contributed by atoms with Crippen molar-refractivity contribution in [2.75, 3.05) is 19.7 Å². The monoisotopic (exact) mass is 275 g/mol. The van der Waals surface area contributed by atoms with Gasteiger partial charge in [-0.15, -0.1) is 0 Å². The summed E-state index contributed by atoms with van der Waals surface area (Å²) in [6.07, 6.45) is 3.44. The third-order valence-corrected chi connectivity index (χ3v) is 4.14. The Morgan fingerprint density at radius 3 is 2.85 bits per heavy atom. The molecule has 1 N–H and O–H groups in total. The molecule has 112 valence electrons. The molecule has 0 saturated carbocycles. The van der Waals surface area contributed by atoms with Gasteiger partial charge in [0, 0.05) is 5.56 Å². The maximum Gasteiger partial charge on any atom is 0.126 e. The SMILES string of the molecule is CC(C)CNCCC(C)(C)c1cccc2c1OCCC2. The van der Waals surface area contributed by atoms with E-state index in [2.05, 4.69) is 51.2 Å². The third-order valence-electron chi connectivity index (χ3n) is 4.14. The Balaban J connectivity index is 2.05. The minimum absolute atomic E-state index is 0.159. The highest BCUT2D eigenvalue weighted by Crippen LogP contribution is 2.38. The summed E-state index contributed by atoms with van der Waals surface area (Å²) in [4.78, 5) is 0. The molecule has 1 heterocycles. The van der Waals surface area contributed by atoms with Gasteiger partial charge in [-0.05, 0) is 49.2 Å². The molecule has 0 atom stereocenters. The lowest BCUT2D eigenvalue weighted by Gasteiger charge is -2.30. The Labute approximate surface area is 123 Å². The molecule has 20 heavy (non-hydrogen) atoms. The minimum Gasteiger partial charge on any atom is -0.493 e. The molecule has 0 aromatic heterocycles. The molecule has 1 aromatic carbocycles. The first kappa shape index (κ1) is 15.4. The van der Waals surface area contributed by atoms with Crippen LogP contribution < -0.4 is 10.1 Å². The molecule has 0 saturated heterocycles. The van der Waals surface area contributed by atoms with Crippen molar-refractivity contribution >= 4 is 0 Å². The number of fused-ring (bicyclic) bond motifs is 1. The van der Waals surface area contributed by atoms with Crippen LogP contribution in [-0.4, -0.2) is 19.7 Å². The van der Waals surface area contributed by atoms with Crippen molar-refractivity contribution in [2.45, 2.75) is 52.4 Å². The summed E-state index contributed by atoms with van der Waals surface area (Å²) in [6.45, 7) is 12.2. The Hall–Kier alpha value is -1.02. The van der Waals surface area contributed by atoms with E-state index in [0.29, 0.717) is 5.92 Å². The van der Waals surface area contributed by atoms with Crippen molar-refractivity contribution in [1.82, 2.24) is 5.32 Å². The first-order chi connectivity index (χ1) is 9.50. The highest BCUT2D eigenvalue weighted by Gasteiger charge is 2.26. The van der Waals surface area contributed by atoms with Gasteiger partial charge in [0.25, 0.3) is 0 Å². The van der Waals surface area contributed by atoms with Crippen LogP contribution in [0.3, 0.4) is 0 Å². The molecule has 1 aliphatic heterocycles. The fraction of sp³-hybridized carbons (Fsp3) is 0.667. The fourth-order valence-electron chi connectivity index (χ4n) is 2.85. The average molecular weight is 275 g/mol. The second-order valence-corrected chi connectivity index (χ2v) is 6.98. The summed E-state index contributed by atoms with van der Waals surface area (Å²) in [7, 11) is 0. The van der Waals surface area contributed by atoms with Crippen LogP contribution in [0.1, 0.15) is 51.7 Å². The highest BCUT2D eigenvalue weighted by atomic mass is 16.5. The summed E-state index contributed by atoms with van der Waals surface area (Å²) in [5.74, 6) is 1.87. The first-order valence-electron chi connectivity index (χ1n) is 7.96. The van der Waals surface area contributed by atoms with Gasteiger partial charge in [0.1, 0.15) is 5.75 Å². The number of rotatable bonds is 6.